The first kappa shape index (κ1) is 28.6. The van der Waals surface area contributed by atoms with Gasteiger partial charge in [-0.2, -0.15) is 8.78 Å². The molecule has 4 aliphatic carbocycles. The van der Waals surface area contributed by atoms with Gasteiger partial charge in [0, 0.05) is 18.2 Å². The molecule has 0 heterocycles. The molecular formula is C25H34ClF9O. The number of alkyl halides is 10. The second-order valence-corrected chi connectivity index (χ2v) is 12.0. The summed E-state index contributed by atoms with van der Waals surface area (Å²) >= 11 is 6.02. The van der Waals surface area contributed by atoms with E-state index in [0.29, 0.717) is 25.7 Å². The molecule has 10 unspecified atom stereocenters. The summed E-state index contributed by atoms with van der Waals surface area (Å²) in [6, 6.07) is 0. The van der Waals surface area contributed by atoms with Crippen LogP contribution in [-0.2, 0) is 4.74 Å². The van der Waals surface area contributed by atoms with Crippen LogP contribution in [0.3, 0.4) is 0 Å². The first-order valence-electron chi connectivity index (χ1n) is 13.1. The van der Waals surface area contributed by atoms with Crippen LogP contribution in [0.1, 0.15) is 64.2 Å². The number of ether oxygens (including phenoxy) is 1. The average molecular weight is 557 g/mol. The molecular weight excluding hydrogens is 523 g/mol. The van der Waals surface area contributed by atoms with Gasteiger partial charge in [-0.25, -0.2) is 30.7 Å². The highest BCUT2D eigenvalue weighted by atomic mass is 35.5. The first-order valence-corrected chi connectivity index (χ1v) is 13.5. The fourth-order valence-electron chi connectivity index (χ4n) is 7.16. The van der Waals surface area contributed by atoms with Crippen LogP contribution in [0.15, 0.2) is 0 Å². The minimum atomic E-state index is -4.36. The van der Waals surface area contributed by atoms with E-state index < -0.39 is 98.9 Å². The molecule has 0 amide bonds. The van der Waals surface area contributed by atoms with Gasteiger partial charge in [0.25, 0.3) is 0 Å². The quantitative estimate of drug-likeness (QED) is 0.246. The fourth-order valence-corrected chi connectivity index (χ4v) is 7.45. The summed E-state index contributed by atoms with van der Waals surface area (Å²) in [6.07, 6.45) is -20.8. The van der Waals surface area contributed by atoms with E-state index in [4.69, 9.17) is 11.6 Å². The van der Waals surface area contributed by atoms with E-state index in [-0.39, 0.29) is 30.1 Å². The Bertz CT molecular complexity index is 708. The van der Waals surface area contributed by atoms with Gasteiger partial charge in [-0.1, -0.05) is 0 Å². The van der Waals surface area contributed by atoms with Gasteiger partial charge in [0.2, 0.25) is 0 Å². The van der Waals surface area contributed by atoms with Crippen LogP contribution >= 0.6 is 11.6 Å². The summed E-state index contributed by atoms with van der Waals surface area (Å²) in [6.45, 7) is 0. The lowest BCUT2D eigenvalue weighted by atomic mass is 9.64. The molecule has 0 aliphatic heterocycles. The average Bonchev–Trinajstić information content (AvgIpc) is 2.76. The van der Waals surface area contributed by atoms with Gasteiger partial charge in [0.15, 0.2) is 6.17 Å². The standard InChI is InChI=1S/C25H34ClF9O/c26-13-2-4-15(18(28)8-13)11-1-3-16(17(27)5-11)12-6-19(29)23(20(30)7-12)25(34,35)36-14-9-21(31)24(33)22(32)10-14/h11-24H,1-10H2. The van der Waals surface area contributed by atoms with Gasteiger partial charge < -0.3 is 4.74 Å². The zero-order valence-corrected chi connectivity index (χ0v) is 20.6. The molecule has 0 saturated heterocycles. The summed E-state index contributed by atoms with van der Waals surface area (Å²) in [5, 5.41) is -0.232. The van der Waals surface area contributed by atoms with E-state index in [1.54, 1.807) is 0 Å². The van der Waals surface area contributed by atoms with Crippen molar-refractivity contribution < 1.29 is 44.3 Å². The van der Waals surface area contributed by atoms with Gasteiger partial charge in [-0.15, -0.1) is 11.6 Å². The van der Waals surface area contributed by atoms with E-state index in [0.717, 1.165) is 0 Å². The summed E-state index contributed by atoms with van der Waals surface area (Å²) in [5.74, 6) is -4.50. The third kappa shape index (κ3) is 6.09. The Labute approximate surface area is 210 Å². The van der Waals surface area contributed by atoms with Crippen molar-refractivity contribution in [2.24, 2.45) is 29.6 Å². The van der Waals surface area contributed by atoms with Crippen molar-refractivity contribution >= 4 is 11.6 Å². The Balaban J connectivity index is 1.33. The molecule has 0 radical (unpaired) electrons. The fraction of sp³-hybridized carbons (Fsp3) is 1.00. The van der Waals surface area contributed by atoms with Gasteiger partial charge in [-0.3, -0.25) is 0 Å². The van der Waals surface area contributed by atoms with Crippen molar-refractivity contribution in [2.45, 2.75) is 125 Å². The van der Waals surface area contributed by atoms with Crippen LogP contribution in [-0.4, -0.2) is 60.8 Å². The summed E-state index contributed by atoms with van der Waals surface area (Å²) in [4.78, 5) is 0. The summed E-state index contributed by atoms with van der Waals surface area (Å²) < 4.78 is 134. The van der Waals surface area contributed by atoms with E-state index >= 15 is 4.39 Å². The highest BCUT2D eigenvalue weighted by molar-refractivity contribution is 6.20. The van der Waals surface area contributed by atoms with Crippen molar-refractivity contribution in [3.63, 3.8) is 0 Å². The first-order chi connectivity index (χ1) is 16.9. The second kappa shape index (κ2) is 11.4. The Morgan fingerprint density at radius 1 is 0.556 bits per heavy atom. The molecule has 36 heavy (non-hydrogen) atoms. The number of rotatable bonds is 5. The molecule has 0 spiro atoms. The van der Waals surface area contributed by atoms with Crippen molar-refractivity contribution in [2.75, 3.05) is 0 Å². The van der Waals surface area contributed by atoms with E-state index in [2.05, 4.69) is 4.74 Å². The van der Waals surface area contributed by atoms with Gasteiger partial charge in [-0.05, 0) is 75.0 Å². The van der Waals surface area contributed by atoms with Gasteiger partial charge in [0.1, 0.15) is 42.9 Å². The van der Waals surface area contributed by atoms with Crippen LogP contribution in [0.4, 0.5) is 39.5 Å². The molecule has 10 atom stereocenters. The lowest BCUT2D eigenvalue weighted by Crippen LogP contribution is -2.52. The van der Waals surface area contributed by atoms with Crippen molar-refractivity contribution in [1.82, 2.24) is 0 Å². The second-order valence-electron chi connectivity index (χ2n) is 11.4. The van der Waals surface area contributed by atoms with Crippen LogP contribution in [0.25, 0.3) is 0 Å². The minimum absolute atomic E-state index is 0.0713. The Morgan fingerprint density at radius 2 is 1.06 bits per heavy atom. The topological polar surface area (TPSA) is 9.23 Å². The maximum atomic E-state index is 15.2. The molecule has 4 fully saturated rings. The number of hydrogen-bond donors (Lipinski definition) is 0. The van der Waals surface area contributed by atoms with Crippen molar-refractivity contribution in [3.8, 4) is 0 Å². The smallest absolute Gasteiger partial charge is 0.317 e. The SMILES string of the molecule is FC1CC(OC(F)(F)C2C(F)CC(C3CCC(C4CCC(Cl)CC4F)CC3F)CC2F)CC(F)C1F. The molecule has 11 heteroatoms. The maximum Gasteiger partial charge on any atom is 0.364 e. The molecule has 0 aromatic rings. The van der Waals surface area contributed by atoms with Crippen LogP contribution in [0.5, 0.6) is 0 Å². The molecule has 0 aromatic carbocycles. The third-order valence-electron chi connectivity index (χ3n) is 9.05. The molecule has 0 N–H and O–H groups in total. The molecule has 0 bridgehead atoms. The molecule has 0 aromatic heterocycles. The van der Waals surface area contributed by atoms with Crippen LogP contribution < -0.4 is 0 Å². The number of halogens is 10. The van der Waals surface area contributed by atoms with E-state index in [1.165, 1.54) is 0 Å². The maximum absolute atomic E-state index is 15.2. The molecule has 210 valence electrons. The zero-order valence-electron chi connectivity index (χ0n) is 19.8. The summed E-state index contributed by atoms with van der Waals surface area (Å²) in [5.41, 5.74) is 0. The highest BCUT2D eigenvalue weighted by Crippen LogP contribution is 2.51. The Morgan fingerprint density at radius 3 is 1.61 bits per heavy atom. The predicted octanol–water partition coefficient (Wildman–Crippen LogP) is 7.97. The van der Waals surface area contributed by atoms with Crippen molar-refractivity contribution in [3.05, 3.63) is 0 Å². The lowest BCUT2D eigenvalue weighted by molar-refractivity contribution is -0.323. The summed E-state index contributed by atoms with van der Waals surface area (Å²) in [7, 11) is 0. The van der Waals surface area contributed by atoms with Crippen LogP contribution in [0.2, 0.25) is 0 Å². The lowest BCUT2D eigenvalue weighted by Gasteiger charge is -2.45. The minimum Gasteiger partial charge on any atom is -0.317 e. The van der Waals surface area contributed by atoms with Gasteiger partial charge in [0.05, 0.1) is 6.10 Å². The Hall–Kier alpha value is -0.380. The highest BCUT2D eigenvalue weighted by Gasteiger charge is 2.57. The normalized spacial score (nSPS) is 51.2. The van der Waals surface area contributed by atoms with Crippen LogP contribution in [0, 0.1) is 29.6 Å². The predicted molar refractivity (Wildman–Crippen MR) is 117 cm³/mol. The van der Waals surface area contributed by atoms with E-state index in [9.17, 15) is 35.1 Å². The molecule has 4 aliphatic rings. The van der Waals surface area contributed by atoms with Crippen molar-refractivity contribution in [1.29, 1.82) is 0 Å². The zero-order chi connectivity index (χ0) is 26.4. The number of hydrogen-bond acceptors (Lipinski definition) is 1. The molecule has 1 nitrogen and oxygen atoms in total. The Kier molecular flexibility index (Phi) is 9.05. The molecule has 4 saturated carbocycles. The van der Waals surface area contributed by atoms with Gasteiger partial charge >= 0.3 is 6.11 Å². The van der Waals surface area contributed by atoms with E-state index in [1.807, 2.05) is 0 Å². The largest absolute Gasteiger partial charge is 0.364 e. The monoisotopic (exact) mass is 556 g/mol. The third-order valence-corrected chi connectivity index (χ3v) is 9.44. The molecule has 4 rings (SSSR count).